The average molecular weight is 260 g/mol. The van der Waals surface area contributed by atoms with Gasteiger partial charge in [0.15, 0.2) is 0 Å². The van der Waals surface area contributed by atoms with Crippen molar-refractivity contribution in [3.8, 4) is 0 Å². The van der Waals surface area contributed by atoms with Gasteiger partial charge < -0.3 is 10.3 Å². The van der Waals surface area contributed by atoms with Crippen LogP contribution < -0.4 is 5.32 Å². The van der Waals surface area contributed by atoms with Gasteiger partial charge in [-0.1, -0.05) is 20.8 Å². The highest BCUT2D eigenvalue weighted by Crippen LogP contribution is 2.35. The second kappa shape index (κ2) is 3.83. The molecule has 0 bridgehead atoms. The number of amides is 1. The van der Waals surface area contributed by atoms with Crippen LogP contribution >= 0.6 is 0 Å². The zero-order valence-corrected chi connectivity index (χ0v) is 11.4. The van der Waals surface area contributed by atoms with Gasteiger partial charge in [0.1, 0.15) is 5.82 Å². The van der Waals surface area contributed by atoms with Crippen LogP contribution in [-0.4, -0.2) is 17.4 Å². The van der Waals surface area contributed by atoms with Gasteiger partial charge in [0.2, 0.25) is 0 Å². The minimum atomic E-state index is -0.382. The molecule has 3 rings (SSSR count). The lowest BCUT2D eigenvalue weighted by atomic mass is 9.87. The zero-order valence-electron chi connectivity index (χ0n) is 11.4. The Balaban J connectivity index is 2.42. The number of carbonyl (C=O) groups excluding carboxylic acids is 1. The number of hydrogen-bond donors (Lipinski definition) is 2. The van der Waals surface area contributed by atoms with Gasteiger partial charge in [0.25, 0.3) is 5.91 Å². The highest BCUT2D eigenvalue weighted by molar-refractivity contribution is 6.08. The lowest BCUT2D eigenvalue weighted by Crippen LogP contribution is -2.24. The second-order valence-electron chi connectivity index (χ2n) is 6.11. The Hall–Kier alpha value is -1.84. The molecular formula is C15H17FN2O. The minimum absolute atomic E-state index is 0.0600. The van der Waals surface area contributed by atoms with E-state index >= 15 is 0 Å². The van der Waals surface area contributed by atoms with Crippen molar-refractivity contribution in [1.82, 2.24) is 10.3 Å². The molecule has 0 radical (unpaired) electrons. The minimum Gasteiger partial charge on any atom is -0.358 e. The van der Waals surface area contributed by atoms with Gasteiger partial charge in [-0.2, -0.15) is 0 Å². The molecule has 4 heteroatoms. The van der Waals surface area contributed by atoms with E-state index in [2.05, 4.69) is 31.1 Å². The third kappa shape index (κ3) is 1.82. The van der Waals surface area contributed by atoms with Crippen molar-refractivity contribution in [3.63, 3.8) is 0 Å². The van der Waals surface area contributed by atoms with Gasteiger partial charge in [-0.05, 0) is 24.1 Å². The summed E-state index contributed by atoms with van der Waals surface area (Å²) in [7, 11) is 0. The number of nitrogens with one attached hydrogen (secondary N) is 2. The molecule has 0 unspecified atom stereocenters. The fourth-order valence-electron chi connectivity index (χ4n) is 2.83. The largest absolute Gasteiger partial charge is 0.358 e. The third-order valence-electron chi connectivity index (χ3n) is 3.62. The number of rotatable bonds is 0. The Bertz CT molecular complexity index is 679. The molecule has 0 aliphatic carbocycles. The Kier molecular flexibility index (Phi) is 2.46. The summed E-state index contributed by atoms with van der Waals surface area (Å²) in [4.78, 5) is 15.3. The van der Waals surface area contributed by atoms with E-state index in [0.717, 1.165) is 23.1 Å². The summed E-state index contributed by atoms with van der Waals surface area (Å²) >= 11 is 0. The number of hydrogen-bond acceptors (Lipinski definition) is 1. The molecule has 1 aliphatic rings. The number of benzene rings is 1. The van der Waals surface area contributed by atoms with Crippen LogP contribution in [0.2, 0.25) is 0 Å². The van der Waals surface area contributed by atoms with Crippen LogP contribution in [0.5, 0.6) is 0 Å². The molecule has 19 heavy (non-hydrogen) atoms. The highest BCUT2D eigenvalue weighted by Gasteiger charge is 2.27. The number of halogens is 1. The molecule has 2 aromatic rings. The highest BCUT2D eigenvalue weighted by atomic mass is 19.1. The van der Waals surface area contributed by atoms with Crippen molar-refractivity contribution in [2.24, 2.45) is 0 Å². The monoisotopic (exact) mass is 260 g/mol. The number of H-pyrrole nitrogens is 1. The molecule has 0 fully saturated rings. The van der Waals surface area contributed by atoms with Crippen molar-refractivity contribution in [3.05, 3.63) is 34.8 Å². The van der Waals surface area contributed by atoms with Crippen LogP contribution in [0.4, 0.5) is 4.39 Å². The van der Waals surface area contributed by atoms with E-state index in [1.54, 1.807) is 0 Å². The van der Waals surface area contributed by atoms with Crippen molar-refractivity contribution in [1.29, 1.82) is 0 Å². The molecule has 1 aliphatic heterocycles. The Labute approximate surface area is 111 Å². The van der Waals surface area contributed by atoms with Crippen molar-refractivity contribution < 1.29 is 9.18 Å². The van der Waals surface area contributed by atoms with E-state index in [-0.39, 0.29) is 17.1 Å². The predicted octanol–water partition coefficient (Wildman–Crippen LogP) is 2.89. The summed E-state index contributed by atoms with van der Waals surface area (Å²) in [5.74, 6) is -0.574. The zero-order chi connectivity index (χ0) is 13.8. The van der Waals surface area contributed by atoms with Crippen molar-refractivity contribution in [2.75, 3.05) is 6.54 Å². The lowest BCUT2D eigenvalue weighted by molar-refractivity contribution is 0.0957. The van der Waals surface area contributed by atoms with Crippen LogP contribution in [0.1, 0.15) is 42.4 Å². The van der Waals surface area contributed by atoms with Gasteiger partial charge in [-0.25, -0.2) is 4.39 Å². The molecule has 0 atom stereocenters. The van der Waals surface area contributed by atoms with Crippen LogP contribution in [0.3, 0.4) is 0 Å². The Morgan fingerprint density at radius 3 is 2.68 bits per heavy atom. The number of aromatic amines is 1. The maximum Gasteiger partial charge on any atom is 0.252 e. The van der Waals surface area contributed by atoms with Crippen molar-refractivity contribution >= 4 is 16.8 Å². The molecule has 0 spiro atoms. The van der Waals surface area contributed by atoms with E-state index in [1.807, 2.05) is 0 Å². The van der Waals surface area contributed by atoms with Crippen LogP contribution in [-0.2, 0) is 11.8 Å². The summed E-state index contributed by atoms with van der Waals surface area (Å²) in [5.41, 5.74) is 3.32. The maximum absolute atomic E-state index is 13.7. The van der Waals surface area contributed by atoms with Gasteiger partial charge in [-0.3, -0.25) is 4.79 Å². The summed E-state index contributed by atoms with van der Waals surface area (Å²) in [6.07, 6.45) is 0.775. The Morgan fingerprint density at radius 2 is 2.00 bits per heavy atom. The van der Waals surface area contributed by atoms with Gasteiger partial charge in [-0.15, -0.1) is 0 Å². The summed E-state index contributed by atoms with van der Waals surface area (Å²) in [6, 6.07) is 2.79. The van der Waals surface area contributed by atoms with Gasteiger partial charge >= 0.3 is 0 Å². The molecule has 0 saturated carbocycles. The molecule has 100 valence electrons. The fraction of sp³-hybridized carbons (Fsp3) is 0.400. The second-order valence-corrected chi connectivity index (χ2v) is 6.11. The first-order valence-electron chi connectivity index (χ1n) is 6.50. The van der Waals surface area contributed by atoms with Crippen LogP contribution in [0, 0.1) is 5.82 Å². The maximum atomic E-state index is 13.7. The average Bonchev–Trinajstić information content (AvgIpc) is 2.58. The summed E-state index contributed by atoms with van der Waals surface area (Å²) in [6.45, 7) is 6.93. The standard InChI is InChI=1S/C15H17FN2O/c1-15(2,3)13-9-4-5-17-14(19)10-6-8(16)7-11(18-13)12(9)10/h6-7,18H,4-5H2,1-3H3,(H,17,19). The molecule has 0 saturated heterocycles. The van der Waals surface area contributed by atoms with Crippen LogP contribution in [0.25, 0.3) is 10.9 Å². The first-order chi connectivity index (χ1) is 8.88. The predicted molar refractivity (Wildman–Crippen MR) is 73.0 cm³/mol. The fourth-order valence-corrected chi connectivity index (χ4v) is 2.83. The van der Waals surface area contributed by atoms with Crippen LogP contribution in [0.15, 0.2) is 12.1 Å². The summed E-state index contributed by atoms with van der Waals surface area (Å²) < 4.78 is 13.7. The number of aromatic nitrogens is 1. The molecular weight excluding hydrogens is 243 g/mol. The van der Waals surface area contributed by atoms with E-state index in [4.69, 9.17) is 0 Å². The topological polar surface area (TPSA) is 44.9 Å². The Morgan fingerprint density at radius 1 is 1.26 bits per heavy atom. The normalized spacial score (nSPS) is 15.5. The molecule has 3 nitrogen and oxygen atoms in total. The van der Waals surface area contributed by atoms with E-state index in [0.29, 0.717) is 17.6 Å². The quantitative estimate of drug-likeness (QED) is 0.751. The molecule has 2 heterocycles. The van der Waals surface area contributed by atoms with E-state index in [9.17, 15) is 9.18 Å². The molecule has 2 N–H and O–H groups in total. The third-order valence-corrected chi connectivity index (χ3v) is 3.62. The first kappa shape index (κ1) is 12.2. The van der Waals surface area contributed by atoms with Gasteiger partial charge in [0.05, 0.1) is 5.56 Å². The molecule has 1 aromatic carbocycles. The lowest BCUT2D eigenvalue weighted by Gasteiger charge is -2.19. The smallest absolute Gasteiger partial charge is 0.252 e. The van der Waals surface area contributed by atoms with Crippen molar-refractivity contribution in [2.45, 2.75) is 32.6 Å². The van der Waals surface area contributed by atoms with E-state index < -0.39 is 0 Å². The SMILES string of the molecule is CC(C)(C)c1[nH]c2cc(F)cc3c2c1CCNC3=O. The first-order valence-corrected chi connectivity index (χ1v) is 6.50. The summed E-state index contributed by atoms with van der Waals surface area (Å²) in [5, 5.41) is 3.70. The molecule has 1 aromatic heterocycles. The number of carbonyl (C=O) groups is 1. The van der Waals surface area contributed by atoms with Gasteiger partial charge in [0, 0.05) is 28.6 Å². The molecule has 1 amide bonds. The van der Waals surface area contributed by atoms with E-state index in [1.165, 1.54) is 12.1 Å².